The average molecular weight is 222 g/mol. The highest BCUT2D eigenvalue weighted by atomic mass is 79.9. The van der Waals surface area contributed by atoms with Gasteiger partial charge in [-0.25, -0.2) is 0 Å². The van der Waals surface area contributed by atoms with Crippen molar-refractivity contribution >= 4 is 15.9 Å². The Morgan fingerprint density at radius 2 is 1.82 bits per heavy atom. The van der Waals surface area contributed by atoms with Crippen LogP contribution in [0.3, 0.4) is 0 Å². The highest BCUT2D eigenvalue weighted by Gasteiger charge is 2.12. The van der Waals surface area contributed by atoms with Gasteiger partial charge in [0.1, 0.15) is 0 Å². The first-order valence-corrected chi connectivity index (χ1v) is 5.32. The Balaban J connectivity index is 3.44. The predicted octanol–water partition coefficient (Wildman–Crippen LogP) is 2.75. The van der Waals surface area contributed by atoms with Gasteiger partial charge in [-0.1, -0.05) is 36.7 Å². The van der Waals surface area contributed by atoms with Crippen LogP contribution in [0.5, 0.6) is 0 Å². The maximum Gasteiger partial charge on any atom is 0.00434 e. The minimum Gasteiger partial charge on any atom is -0.306 e. The fraction of sp³-hybridized carbons (Fsp3) is 1.00. The van der Waals surface area contributed by atoms with Crippen LogP contribution in [0.4, 0.5) is 0 Å². The second-order valence-corrected chi connectivity index (χ2v) is 5.13. The third-order valence-corrected chi connectivity index (χ3v) is 1.98. The molecule has 0 saturated heterocycles. The molecule has 1 nitrogen and oxygen atoms in total. The van der Waals surface area contributed by atoms with E-state index in [-0.39, 0.29) is 0 Å². The minimum absolute atomic E-state index is 0.432. The Labute approximate surface area is 79.3 Å². The van der Waals surface area contributed by atoms with E-state index in [0.29, 0.717) is 5.41 Å². The number of alkyl halides is 1. The maximum absolute atomic E-state index is 3.43. The van der Waals surface area contributed by atoms with E-state index in [4.69, 9.17) is 0 Å². The van der Waals surface area contributed by atoms with Crippen LogP contribution in [-0.4, -0.2) is 30.4 Å². The van der Waals surface area contributed by atoms with Gasteiger partial charge in [0.2, 0.25) is 0 Å². The third-order valence-electron chi connectivity index (χ3n) is 1.42. The number of rotatable bonds is 4. The summed E-state index contributed by atoms with van der Waals surface area (Å²) in [6.07, 6.45) is 1.24. The first-order valence-electron chi connectivity index (χ1n) is 4.20. The lowest BCUT2D eigenvalue weighted by molar-refractivity contribution is 0.228. The van der Waals surface area contributed by atoms with Crippen LogP contribution < -0.4 is 0 Å². The minimum atomic E-state index is 0.432. The molecule has 0 fully saturated rings. The summed E-state index contributed by atoms with van der Waals surface area (Å²) in [6, 6.07) is 0. The molecule has 0 radical (unpaired) electrons. The van der Waals surface area contributed by atoms with Crippen molar-refractivity contribution < 1.29 is 0 Å². The molecule has 0 saturated carbocycles. The van der Waals surface area contributed by atoms with Crippen LogP contribution in [0.1, 0.15) is 27.2 Å². The van der Waals surface area contributed by atoms with Gasteiger partial charge in [0.25, 0.3) is 0 Å². The highest BCUT2D eigenvalue weighted by Crippen LogP contribution is 2.13. The predicted molar refractivity (Wildman–Crippen MR) is 55.4 cm³/mol. The van der Waals surface area contributed by atoms with Gasteiger partial charge >= 0.3 is 0 Å². The zero-order valence-electron chi connectivity index (χ0n) is 8.15. The molecule has 0 aromatic rings. The average Bonchev–Trinajstić information content (AvgIpc) is 1.79. The summed E-state index contributed by atoms with van der Waals surface area (Å²) < 4.78 is 0. The van der Waals surface area contributed by atoms with E-state index < -0.39 is 0 Å². The molecule has 0 unspecified atom stereocenters. The molecule has 0 aliphatic heterocycles. The third kappa shape index (κ3) is 8.35. The SMILES string of the molecule is CN(CCCBr)CC(C)(C)C. The standard InChI is InChI=1S/C9H20BrN/c1-9(2,3)8-11(4)7-5-6-10/h5-8H2,1-4H3. The molecule has 0 atom stereocenters. The molecule has 2 heteroatoms. The Morgan fingerprint density at radius 3 is 2.18 bits per heavy atom. The van der Waals surface area contributed by atoms with E-state index in [1.807, 2.05) is 0 Å². The molecule has 0 N–H and O–H groups in total. The largest absolute Gasteiger partial charge is 0.306 e. The summed E-state index contributed by atoms with van der Waals surface area (Å²) in [5, 5.41) is 1.11. The zero-order chi connectivity index (χ0) is 8.91. The summed E-state index contributed by atoms with van der Waals surface area (Å²) in [4.78, 5) is 2.39. The van der Waals surface area contributed by atoms with Gasteiger partial charge in [-0.2, -0.15) is 0 Å². The van der Waals surface area contributed by atoms with Gasteiger partial charge < -0.3 is 4.90 Å². The van der Waals surface area contributed by atoms with E-state index in [1.165, 1.54) is 19.5 Å². The molecule has 0 aliphatic carbocycles. The number of halogens is 1. The topological polar surface area (TPSA) is 3.24 Å². The molecule has 0 amide bonds. The van der Waals surface area contributed by atoms with Crippen LogP contribution in [0.15, 0.2) is 0 Å². The molecule has 68 valence electrons. The smallest absolute Gasteiger partial charge is 0.00434 e. The summed E-state index contributed by atoms with van der Waals surface area (Å²) in [6.45, 7) is 9.20. The van der Waals surface area contributed by atoms with Crippen molar-refractivity contribution in [3.63, 3.8) is 0 Å². The molecule has 0 bridgehead atoms. The van der Waals surface area contributed by atoms with Gasteiger partial charge in [0.05, 0.1) is 0 Å². The van der Waals surface area contributed by atoms with Crippen LogP contribution in [0, 0.1) is 5.41 Å². The molecule has 0 aromatic heterocycles. The van der Waals surface area contributed by atoms with Crippen molar-refractivity contribution in [3.05, 3.63) is 0 Å². The van der Waals surface area contributed by atoms with E-state index >= 15 is 0 Å². The second-order valence-electron chi connectivity index (χ2n) is 4.34. The number of hydrogen-bond acceptors (Lipinski definition) is 1. The highest BCUT2D eigenvalue weighted by molar-refractivity contribution is 9.09. The lowest BCUT2D eigenvalue weighted by atomic mass is 9.96. The number of nitrogens with zero attached hydrogens (tertiary/aromatic N) is 1. The van der Waals surface area contributed by atoms with Gasteiger partial charge in [-0.05, 0) is 25.4 Å². The van der Waals surface area contributed by atoms with Crippen molar-refractivity contribution in [1.82, 2.24) is 4.90 Å². The Kier molecular flexibility index (Phi) is 5.36. The molecular weight excluding hydrogens is 202 g/mol. The molecule has 0 aliphatic rings. The molecule has 0 aromatic carbocycles. The zero-order valence-corrected chi connectivity index (χ0v) is 9.74. The van der Waals surface area contributed by atoms with Gasteiger partial charge in [0, 0.05) is 11.9 Å². The monoisotopic (exact) mass is 221 g/mol. The van der Waals surface area contributed by atoms with Crippen LogP contribution in [0.2, 0.25) is 0 Å². The first kappa shape index (κ1) is 11.4. The molecular formula is C9H20BrN. The fourth-order valence-corrected chi connectivity index (χ4v) is 1.47. The lowest BCUT2D eigenvalue weighted by Crippen LogP contribution is -2.30. The first-order chi connectivity index (χ1) is 4.95. The van der Waals surface area contributed by atoms with Crippen LogP contribution in [-0.2, 0) is 0 Å². The van der Waals surface area contributed by atoms with Gasteiger partial charge in [-0.3, -0.25) is 0 Å². The van der Waals surface area contributed by atoms with Crippen molar-refractivity contribution in [2.75, 3.05) is 25.5 Å². The quantitative estimate of drug-likeness (QED) is 0.661. The van der Waals surface area contributed by atoms with Crippen LogP contribution >= 0.6 is 15.9 Å². The van der Waals surface area contributed by atoms with Crippen molar-refractivity contribution in [3.8, 4) is 0 Å². The van der Waals surface area contributed by atoms with E-state index in [2.05, 4.69) is 48.6 Å². The normalized spacial score (nSPS) is 12.5. The van der Waals surface area contributed by atoms with Gasteiger partial charge in [0.15, 0.2) is 0 Å². The summed E-state index contributed by atoms with van der Waals surface area (Å²) in [7, 11) is 2.19. The molecule has 0 spiro atoms. The van der Waals surface area contributed by atoms with Crippen molar-refractivity contribution in [2.24, 2.45) is 5.41 Å². The van der Waals surface area contributed by atoms with E-state index in [9.17, 15) is 0 Å². The Morgan fingerprint density at radius 1 is 1.27 bits per heavy atom. The summed E-state index contributed by atoms with van der Waals surface area (Å²) >= 11 is 3.43. The molecule has 0 rings (SSSR count). The van der Waals surface area contributed by atoms with Crippen molar-refractivity contribution in [1.29, 1.82) is 0 Å². The second kappa shape index (κ2) is 5.15. The molecule has 11 heavy (non-hydrogen) atoms. The van der Waals surface area contributed by atoms with Crippen LogP contribution in [0.25, 0.3) is 0 Å². The maximum atomic E-state index is 3.43. The molecule has 0 heterocycles. The number of hydrogen-bond donors (Lipinski definition) is 0. The van der Waals surface area contributed by atoms with E-state index in [0.717, 1.165) is 5.33 Å². The summed E-state index contributed by atoms with van der Waals surface area (Å²) in [5.41, 5.74) is 0.432. The van der Waals surface area contributed by atoms with Gasteiger partial charge in [-0.15, -0.1) is 0 Å². The fourth-order valence-electron chi connectivity index (χ4n) is 1.22. The van der Waals surface area contributed by atoms with Crippen molar-refractivity contribution in [2.45, 2.75) is 27.2 Å². The Hall–Kier alpha value is 0.440. The summed E-state index contributed by atoms with van der Waals surface area (Å²) in [5.74, 6) is 0. The lowest BCUT2D eigenvalue weighted by Gasteiger charge is -2.26. The van der Waals surface area contributed by atoms with E-state index in [1.54, 1.807) is 0 Å². The Bertz CT molecular complexity index is 96.2.